The van der Waals surface area contributed by atoms with E-state index >= 15 is 0 Å². The number of nitrogens with zero attached hydrogens (tertiary/aromatic N) is 2. The van der Waals surface area contributed by atoms with Crippen LogP contribution < -0.4 is 0 Å². The van der Waals surface area contributed by atoms with Crippen molar-refractivity contribution in [3.8, 4) is 6.07 Å². The zero-order valence-corrected chi connectivity index (χ0v) is 10.3. The second kappa shape index (κ2) is 4.01. The second-order valence-corrected chi connectivity index (χ2v) is 6.24. The SMILES string of the molecule is N#CC1CCCC(C(=O)N2CC3(CCC3)C2)C1. The summed E-state index contributed by atoms with van der Waals surface area (Å²) in [7, 11) is 0. The lowest BCUT2D eigenvalue weighted by atomic mass is 9.63. The minimum absolute atomic E-state index is 0.122. The van der Waals surface area contributed by atoms with Crippen LogP contribution in [0.3, 0.4) is 0 Å². The fourth-order valence-corrected chi connectivity index (χ4v) is 3.70. The van der Waals surface area contributed by atoms with E-state index in [2.05, 4.69) is 6.07 Å². The van der Waals surface area contributed by atoms with Crippen molar-refractivity contribution in [3.63, 3.8) is 0 Å². The molecule has 0 bridgehead atoms. The first kappa shape index (κ1) is 11.1. The molecular formula is C14H20N2O. The molecular weight excluding hydrogens is 212 g/mol. The summed E-state index contributed by atoms with van der Waals surface area (Å²) in [5.41, 5.74) is 0.527. The summed E-state index contributed by atoms with van der Waals surface area (Å²) >= 11 is 0. The Bertz CT molecular complexity index is 359. The van der Waals surface area contributed by atoms with Gasteiger partial charge >= 0.3 is 0 Å². The molecule has 0 aromatic rings. The van der Waals surface area contributed by atoms with E-state index in [-0.39, 0.29) is 11.8 Å². The van der Waals surface area contributed by atoms with Crippen LogP contribution in [0.25, 0.3) is 0 Å². The van der Waals surface area contributed by atoms with E-state index < -0.39 is 0 Å². The van der Waals surface area contributed by atoms with Crippen LogP contribution in [-0.4, -0.2) is 23.9 Å². The molecule has 0 aromatic carbocycles. The molecule has 0 radical (unpaired) electrons. The van der Waals surface area contributed by atoms with E-state index in [1.807, 2.05) is 4.90 Å². The van der Waals surface area contributed by atoms with E-state index in [4.69, 9.17) is 5.26 Å². The molecule has 1 aliphatic heterocycles. The highest BCUT2D eigenvalue weighted by Gasteiger charge is 2.49. The van der Waals surface area contributed by atoms with E-state index in [0.717, 1.165) is 38.8 Å². The third-order valence-electron chi connectivity index (χ3n) is 4.98. The largest absolute Gasteiger partial charge is 0.341 e. The maximum Gasteiger partial charge on any atom is 0.225 e. The third kappa shape index (κ3) is 1.84. The molecule has 2 unspecified atom stereocenters. The zero-order valence-electron chi connectivity index (χ0n) is 10.3. The van der Waals surface area contributed by atoms with Gasteiger partial charge in [-0.05, 0) is 32.1 Å². The monoisotopic (exact) mass is 232 g/mol. The smallest absolute Gasteiger partial charge is 0.225 e. The van der Waals surface area contributed by atoms with Gasteiger partial charge in [0.2, 0.25) is 5.91 Å². The average Bonchev–Trinajstić information content (AvgIpc) is 2.25. The summed E-state index contributed by atoms with van der Waals surface area (Å²) in [4.78, 5) is 14.3. The van der Waals surface area contributed by atoms with Crippen molar-refractivity contribution in [2.24, 2.45) is 17.3 Å². The highest BCUT2D eigenvalue weighted by Crippen LogP contribution is 2.48. The van der Waals surface area contributed by atoms with Crippen LogP contribution in [0.1, 0.15) is 44.9 Å². The average molecular weight is 232 g/mol. The molecule has 3 aliphatic rings. The Hall–Kier alpha value is -1.04. The van der Waals surface area contributed by atoms with E-state index in [0.29, 0.717) is 11.3 Å². The predicted molar refractivity (Wildman–Crippen MR) is 63.9 cm³/mol. The lowest BCUT2D eigenvalue weighted by Gasteiger charge is -2.56. The Balaban J connectivity index is 1.54. The first-order chi connectivity index (χ1) is 8.22. The van der Waals surface area contributed by atoms with E-state index in [1.165, 1.54) is 19.3 Å². The molecule has 3 heteroatoms. The lowest BCUT2D eigenvalue weighted by molar-refractivity contribution is -0.155. The van der Waals surface area contributed by atoms with Crippen molar-refractivity contribution in [1.29, 1.82) is 5.26 Å². The summed E-state index contributed by atoms with van der Waals surface area (Å²) in [6.07, 6.45) is 7.84. The van der Waals surface area contributed by atoms with Gasteiger partial charge in [0.25, 0.3) is 0 Å². The van der Waals surface area contributed by atoms with Gasteiger partial charge in [-0.15, -0.1) is 0 Å². The molecule has 3 nitrogen and oxygen atoms in total. The van der Waals surface area contributed by atoms with Crippen LogP contribution in [0.2, 0.25) is 0 Å². The van der Waals surface area contributed by atoms with Crippen molar-refractivity contribution in [3.05, 3.63) is 0 Å². The molecule has 2 atom stereocenters. The van der Waals surface area contributed by atoms with Crippen molar-refractivity contribution in [1.82, 2.24) is 4.90 Å². The molecule has 1 saturated heterocycles. The Kier molecular flexibility index (Phi) is 2.61. The number of carbonyl (C=O) groups is 1. The molecule has 0 N–H and O–H groups in total. The molecule has 1 amide bonds. The highest BCUT2D eigenvalue weighted by atomic mass is 16.2. The Morgan fingerprint density at radius 2 is 2.00 bits per heavy atom. The molecule has 1 spiro atoms. The van der Waals surface area contributed by atoms with Crippen molar-refractivity contribution in [2.75, 3.05) is 13.1 Å². The molecule has 92 valence electrons. The van der Waals surface area contributed by atoms with Gasteiger partial charge < -0.3 is 4.90 Å². The van der Waals surface area contributed by atoms with Gasteiger partial charge in [-0.25, -0.2) is 0 Å². The van der Waals surface area contributed by atoms with E-state index in [1.54, 1.807) is 0 Å². The summed E-state index contributed by atoms with van der Waals surface area (Å²) in [5.74, 6) is 0.602. The number of amides is 1. The number of hydrogen-bond donors (Lipinski definition) is 0. The molecule has 3 fully saturated rings. The highest BCUT2D eigenvalue weighted by molar-refractivity contribution is 5.80. The normalized spacial score (nSPS) is 34.6. The van der Waals surface area contributed by atoms with Crippen molar-refractivity contribution < 1.29 is 4.79 Å². The summed E-state index contributed by atoms with van der Waals surface area (Å²) in [5, 5.41) is 8.96. The predicted octanol–water partition coefficient (Wildman–Crippen LogP) is 2.33. The first-order valence-corrected chi connectivity index (χ1v) is 6.91. The van der Waals surface area contributed by atoms with Crippen molar-refractivity contribution >= 4 is 5.91 Å². The van der Waals surface area contributed by atoms with Crippen LogP contribution in [-0.2, 0) is 4.79 Å². The molecule has 1 heterocycles. The van der Waals surface area contributed by atoms with Gasteiger partial charge in [0.05, 0.1) is 6.07 Å². The summed E-state index contributed by atoms with van der Waals surface area (Å²) in [6.45, 7) is 2.00. The van der Waals surface area contributed by atoms with Crippen LogP contribution >= 0.6 is 0 Å². The van der Waals surface area contributed by atoms with Crippen LogP contribution in [0.4, 0.5) is 0 Å². The number of likely N-dealkylation sites (tertiary alicyclic amines) is 1. The van der Waals surface area contributed by atoms with Gasteiger partial charge in [-0.3, -0.25) is 4.79 Å². The van der Waals surface area contributed by atoms with Crippen LogP contribution in [0.5, 0.6) is 0 Å². The fourth-order valence-electron chi connectivity index (χ4n) is 3.70. The minimum Gasteiger partial charge on any atom is -0.341 e. The third-order valence-corrected chi connectivity index (χ3v) is 4.98. The minimum atomic E-state index is 0.122. The number of nitriles is 1. The zero-order chi connectivity index (χ0) is 11.9. The lowest BCUT2D eigenvalue weighted by Crippen LogP contribution is -2.62. The number of carbonyl (C=O) groups excluding carboxylic acids is 1. The van der Waals surface area contributed by atoms with Crippen LogP contribution in [0, 0.1) is 28.6 Å². The van der Waals surface area contributed by atoms with Crippen molar-refractivity contribution in [2.45, 2.75) is 44.9 Å². The molecule has 0 aromatic heterocycles. The molecule has 2 saturated carbocycles. The summed E-state index contributed by atoms with van der Waals surface area (Å²) in [6, 6.07) is 2.33. The fraction of sp³-hybridized carbons (Fsp3) is 0.857. The maximum absolute atomic E-state index is 12.3. The maximum atomic E-state index is 12.3. The second-order valence-electron chi connectivity index (χ2n) is 6.24. The Morgan fingerprint density at radius 3 is 2.59 bits per heavy atom. The number of rotatable bonds is 1. The topological polar surface area (TPSA) is 44.1 Å². The van der Waals surface area contributed by atoms with Crippen LogP contribution in [0.15, 0.2) is 0 Å². The van der Waals surface area contributed by atoms with Gasteiger partial charge in [-0.1, -0.05) is 12.8 Å². The quantitative estimate of drug-likeness (QED) is 0.696. The molecule has 2 aliphatic carbocycles. The number of hydrogen-bond acceptors (Lipinski definition) is 2. The van der Waals surface area contributed by atoms with Gasteiger partial charge in [0.15, 0.2) is 0 Å². The standard InChI is InChI=1S/C14H20N2O/c15-8-11-3-1-4-12(7-11)13(17)16-9-14(10-16)5-2-6-14/h11-12H,1-7,9-10H2. The van der Waals surface area contributed by atoms with Gasteiger partial charge in [-0.2, -0.15) is 5.26 Å². The molecule has 3 rings (SSSR count). The summed E-state index contributed by atoms with van der Waals surface area (Å²) < 4.78 is 0. The van der Waals surface area contributed by atoms with E-state index in [9.17, 15) is 4.79 Å². The Morgan fingerprint density at radius 1 is 1.24 bits per heavy atom. The van der Waals surface area contributed by atoms with Gasteiger partial charge in [0.1, 0.15) is 0 Å². The first-order valence-electron chi connectivity index (χ1n) is 6.91. The molecule has 17 heavy (non-hydrogen) atoms. The Labute approximate surface area is 103 Å². The van der Waals surface area contributed by atoms with Gasteiger partial charge in [0, 0.05) is 30.3 Å².